The lowest BCUT2D eigenvalue weighted by Crippen LogP contribution is -2.20. The number of hydrogen-bond donors (Lipinski definition) is 0. The Labute approximate surface area is 113 Å². The second-order valence-electron chi connectivity index (χ2n) is 5.43. The van der Waals surface area contributed by atoms with E-state index < -0.39 is 0 Å². The molecule has 0 bridgehead atoms. The van der Waals surface area contributed by atoms with Gasteiger partial charge in [0.05, 0.1) is 0 Å². The summed E-state index contributed by atoms with van der Waals surface area (Å²) in [6.45, 7) is 6.13. The van der Waals surface area contributed by atoms with Crippen LogP contribution in [0, 0.1) is 17.7 Å². The summed E-state index contributed by atoms with van der Waals surface area (Å²) >= 11 is 0. The Morgan fingerprint density at radius 2 is 1.89 bits per heavy atom. The zero-order valence-corrected chi connectivity index (χ0v) is 11.6. The van der Waals surface area contributed by atoms with Gasteiger partial charge in [0.1, 0.15) is 5.82 Å². The first-order chi connectivity index (χ1) is 8.99. The van der Waals surface area contributed by atoms with Crippen molar-refractivity contribution in [3.8, 4) is 0 Å². The smallest absolute Gasteiger partial charge is 0.185 e. The molecular weight excluding hydrogens is 239 g/mol. The molecule has 0 heterocycles. The second kappa shape index (κ2) is 5.52. The molecule has 0 fully saturated rings. The maximum absolute atomic E-state index is 12.9. The average molecular weight is 258 g/mol. The summed E-state index contributed by atoms with van der Waals surface area (Å²) in [7, 11) is 0. The first kappa shape index (κ1) is 13.7. The number of allylic oxidation sites excluding steroid dienone is 3. The van der Waals surface area contributed by atoms with Crippen LogP contribution in [-0.4, -0.2) is 5.78 Å². The van der Waals surface area contributed by atoms with Crippen molar-refractivity contribution < 1.29 is 9.18 Å². The third-order valence-electron chi connectivity index (χ3n) is 3.56. The summed E-state index contributed by atoms with van der Waals surface area (Å²) in [6.07, 6.45) is 4.84. The van der Waals surface area contributed by atoms with Gasteiger partial charge in [-0.25, -0.2) is 4.39 Å². The molecule has 1 aromatic carbocycles. The molecule has 0 amide bonds. The van der Waals surface area contributed by atoms with E-state index in [1.807, 2.05) is 19.9 Å². The van der Waals surface area contributed by atoms with Gasteiger partial charge in [-0.3, -0.25) is 4.79 Å². The summed E-state index contributed by atoms with van der Waals surface area (Å²) in [5.74, 6) is 0.350. The number of hydrogen-bond acceptors (Lipinski definition) is 1. The van der Waals surface area contributed by atoms with Crippen LogP contribution in [0.5, 0.6) is 0 Å². The second-order valence-corrected chi connectivity index (χ2v) is 5.43. The minimum atomic E-state index is -0.257. The molecule has 2 heteroatoms. The fraction of sp³-hybridized carbons (Fsp3) is 0.353. The van der Waals surface area contributed by atoms with Crippen LogP contribution >= 0.6 is 0 Å². The topological polar surface area (TPSA) is 17.1 Å². The number of carbonyl (C=O) groups excluding carboxylic acids is 1. The average Bonchev–Trinajstić information content (AvgIpc) is 2.36. The SMILES string of the molecule is CC(C)C1=CC[C@@H](C)/C(=C\c2ccc(F)cc2)C1=O. The van der Waals surface area contributed by atoms with Gasteiger partial charge >= 0.3 is 0 Å². The van der Waals surface area contributed by atoms with Crippen molar-refractivity contribution in [3.63, 3.8) is 0 Å². The summed E-state index contributed by atoms with van der Waals surface area (Å²) in [4.78, 5) is 12.4. The first-order valence-electron chi connectivity index (χ1n) is 6.71. The standard InChI is InChI=1S/C17H19FO/c1-11(2)15-9-4-12(3)16(17(15)19)10-13-5-7-14(18)8-6-13/h5-12H,4H2,1-3H3/b16-10+/t12-/m1/s1. The Kier molecular flexibility index (Phi) is 3.98. The molecular formula is C17H19FO. The molecule has 1 aromatic rings. The summed E-state index contributed by atoms with van der Waals surface area (Å²) in [5.41, 5.74) is 2.60. The predicted octanol–water partition coefficient (Wildman–Crippen LogP) is 4.40. The monoisotopic (exact) mass is 258 g/mol. The van der Waals surface area contributed by atoms with Crippen molar-refractivity contribution in [1.29, 1.82) is 0 Å². The van der Waals surface area contributed by atoms with Gasteiger partial charge in [0.2, 0.25) is 0 Å². The van der Waals surface area contributed by atoms with Crippen LogP contribution in [-0.2, 0) is 4.79 Å². The molecule has 0 saturated heterocycles. The highest BCUT2D eigenvalue weighted by molar-refractivity contribution is 6.12. The molecule has 1 aliphatic carbocycles. The highest BCUT2D eigenvalue weighted by Gasteiger charge is 2.26. The Balaban J connectivity index is 2.35. The van der Waals surface area contributed by atoms with E-state index in [0.29, 0.717) is 0 Å². The van der Waals surface area contributed by atoms with Gasteiger partial charge in [-0.1, -0.05) is 39.0 Å². The largest absolute Gasteiger partial charge is 0.289 e. The number of Topliss-reactive ketones (excluding diaryl/α,β-unsaturated/α-hetero) is 1. The Bertz CT molecular complexity index is 535. The van der Waals surface area contributed by atoms with E-state index in [1.165, 1.54) is 12.1 Å². The zero-order chi connectivity index (χ0) is 14.0. The van der Waals surface area contributed by atoms with Crippen molar-refractivity contribution in [2.45, 2.75) is 27.2 Å². The molecule has 1 aliphatic rings. The van der Waals surface area contributed by atoms with Gasteiger partial charge in [-0.05, 0) is 47.6 Å². The van der Waals surface area contributed by atoms with Gasteiger partial charge in [0.15, 0.2) is 5.78 Å². The lowest BCUT2D eigenvalue weighted by Gasteiger charge is -2.23. The molecule has 19 heavy (non-hydrogen) atoms. The van der Waals surface area contributed by atoms with Gasteiger partial charge in [-0.15, -0.1) is 0 Å². The molecule has 1 atom stereocenters. The molecule has 0 radical (unpaired) electrons. The number of rotatable bonds is 2. The van der Waals surface area contributed by atoms with Gasteiger partial charge in [-0.2, -0.15) is 0 Å². The van der Waals surface area contributed by atoms with Crippen LogP contribution in [0.25, 0.3) is 6.08 Å². The van der Waals surface area contributed by atoms with Crippen LogP contribution in [0.1, 0.15) is 32.8 Å². The molecule has 0 spiro atoms. The van der Waals surface area contributed by atoms with Crippen molar-refractivity contribution in [2.24, 2.45) is 11.8 Å². The molecule has 2 rings (SSSR count). The summed E-state index contributed by atoms with van der Waals surface area (Å²) < 4.78 is 12.9. The van der Waals surface area contributed by atoms with Crippen LogP contribution < -0.4 is 0 Å². The fourth-order valence-electron chi connectivity index (χ4n) is 2.36. The molecule has 1 nitrogen and oxygen atoms in total. The molecule has 0 N–H and O–H groups in total. The van der Waals surface area contributed by atoms with E-state index >= 15 is 0 Å². The molecule has 0 saturated carbocycles. The molecule has 0 aliphatic heterocycles. The lowest BCUT2D eigenvalue weighted by molar-refractivity contribution is -0.113. The van der Waals surface area contributed by atoms with E-state index in [1.54, 1.807) is 12.1 Å². The normalized spacial score (nSPS) is 21.9. The highest BCUT2D eigenvalue weighted by atomic mass is 19.1. The van der Waals surface area contributed by atoms with Gasteiger partial charge in [0.25, 0.3) is 0 Å². The Morgan fingerprint density at radius 1 is 1.26 bits per heavy atom. The number of ketones is 1. The zero-order valence-electron chi connectivity index (χ0n) is 11.6. The lowest BCUT2D eigenvalue weighted by atomic mass is 9.80. The number of halogens is 1. The van der Waals surface area contributed by atoms with Crippen LogP contribution in [0.3, 0.4) is 0 Å². The minimum absolute atomic E-state index is 0.137. The van der Waals surface area contributed by atoms with Crippen molar-refractivity contribution in [2.75, 3.05) is 0 Å². The molecule has 0 unspecified atom stereocenters. The van der Waals surface area contributed by atoms with E-state index in [4.69, 9.17) is 0 Å². The van der Waals surface area contributed by atoms with E-state index in [2.05, 4.69) is 13.0 Å². The van der Waals surface area contributed by atoms with Crippen LogP contribution in [0.4, 0.5) is 4.39 Å². The van der Waals surface area contributed by atoms with E-state index in [0.717, 1.165) is 23.1 Å². The first-order valence-corrected chi connectivity index (χ1v) is 6.71. The summed E-state index contributed by atoms with van der Waals surface area (Å²) in [5, 5.41) is 0. The fourth-order valence-corrected chi connectivity index (χ4v) is 2.36. The predicted molar refractivity (Wildman–Crippen MR) is 76.1 cm³/mol. The molecule has 100 valence electrons. The van der Waals surface area contributed by atoms with E-state index in [-0.39, 0.29) is 23.4 Å². The maximum Gasteiger partial charge on any atom is 0.185 e. The Hall–Kier alpha value is -1.70. The number of benzene rings is 1. The van der Waals surface area contributed by atoms with Crippen molar-refractivity contribution in [1.82, 2.24) is 0 Å². The van der Waals surface area contributed by atoms with Gasteiger partial charge < -0.3 is 0 Å². The van der Waals surface area contributed by atoms with Crippen LogP contribution in [0.2, 0.25) is 0 Å². The highest BCUT2D eigenvalue weighted by Crippen LogP contribution is 2.30. The van der Waals surface area contributed by atoms with Crippen molar-refractivity contribution in [3.05, 3.63) is 52.9 Å². The quantitative estimate of drug-likeness (QED) is 0.718. The van der Waals surface area contributed by atoms with E-state index in [9.17, 15) is 9.18 Å². The third kappa shape index (κ3) is 3.01. The van der Waals surface area contributed by atoms with Gasteiger partial charge in [0, 0.05) is 5.57 Å². The summed E-state index contributed by atoms with van der Waals surface area (Å²) in [6, 6.07) is 6.25. The van der Waals surface area contributed by atoms with Crippen molar-refractivity contribution >= 4 is 11.9 Å². The maximum atomic E-state index is 12.9. The minimum Gasteiger partial charge on any atom is -0.289 e. The van der Waals surface area contributed by atoms with Crippen LogP contribution in [0.15, 0.2) is 41.5 Å². The Morgan fingerprint density at radius 3 is 2.47 bits per heavy atom. The number of carbonyl (C=O) groups is 1. The third-order valence-corrected chi connectivity index (χ3v) is 3.56. The molecule has 0 aromatic heterocycles.